The molecule has 0 rings (SSSR count). The zero-order valence-electron chi connectivity index (χ0n) is 12.0. The van der Waals surface area contributed by atoms with Crippen molar-refractivity contribution >= 4 is 0 Å². The molecule has 0 radical (unpaired) electrons. The highest BCUT2D eigenvalue weighted by Gasteiger charge is 2.01. The fraction of sp³-hybridized carbons (Fsp3) is 0.875. The lowest BCUT2D eigenvalue weighted by molar-refractivity contribution is 0.440. The summed E-state index contributed by atoms with van der Waals surface area (Å²) >= 11 is 0. The molecule has 0 amide bonds. The predicted molar refractivity (Wildman–Crippen MR) is 75.8 cm³/mol. The van der Waals surface area contributed by atoms with Gasteiger partial charge in [0, 0.05) is 0 Å². The molecule has 0 aromatic carbocycles. The highest BCUT2D eigenvalue weighted by Crippen LogP contribution is 2.18. The highest BCUT2D eigenvalue weighted by atomic mass is 14.1. The monoisotopic (exact) mass is 224 g/mol. The zero-order chi connectivity index (χ0) is 12.2. The first-order chi connectivity index (χ1) is 7.70. The minimum absolute atomic E-state index is 0.947. The third kappa shape index (κ3) is 10.3. The van der Waals surface area contributed by atoms with E-state index in [0.717, 1.165) is 5.92 Å². The lowest BCUT2D eigenvalue weighted by Crippen LogP contribution is -1.95. The van der Waals surface area contributed by atoms with Gasteiger partial charge in [-0.2, -0.15) is 0 Å². The predicted octanol–water partition coefficient (Wildman–Crippen LogP) is 6.12. The van der Waals surface area contributed by atoms with Crippen molar-refractivity contribution in [2.75, 3.05) is 0 Å². The van der Waals surface area contributed by atoms with Crippen LogP contribution in [0.2, 0.25) is 0 Å². The molecule has 0 N–H and O–H groups in total. The minimum atomic E-state index is 0.947. The Bertz CT molecular complexity index is 167. The van der Waals surface area contributed by atoms with Crippen LogP contribution in [-0.2, 0) is 0 Å². The molecule has 0 aromatic heterocycles. The van der Waals surface area contributed by atoms with Gasteiger partial charge in [0.2, 0.25) is 0 Å². The van der Waals surface area contributed by atoms with Gasteiger partial charge >= 0.3 is 0 Å². The smallest absolute Gasteiger partial charge is 0.0323 e. The second-order valence-electron chi connectivity index (χ2n) is 5.34. The first-order valence-electron chi connectivity index (χ1n) is 7.32. The van der Waals surface area contributed by atoms with Gasteiger partial charge in [0.25, 0.3) is 0 Å². The number of rotatable bonds is 10. The van der Waals surface area contributed by atoms with E-state index in [9.17, 15) is 0 Å². The maximum atomic E-state index is 2.43. The molecule has 0 saturated heterocycles. The van der Waals surface area contributed by atoms with Crippen LogP contribution in [0.3, 0.4) is 0 Å². The molecule has 0 saturated carbocycles. The summed E-state index contributed by atoms with van der Waals surface area (Å²) in [4.78, 5) is 0. The van der Waals surface area contributed by atoms with E-state index in [1.165, 1.54) is 57.8 Å². The van der Waals surface area contributed by atoms with Crippen LogP contribution in [0.25, 0.3) is 0 Å². The number of unbranched alkanes of at least 4 members (excludes halogenated alkanes) is 4. The molecule has 0 heterocycles. The summed E-state index contributed by atoms with van der Waals surface area (Å²) in [5.74, 6) is 0.947. The molecule has 0 aliphatic heterocycles. The average Bonchev–Trinajstić information content (AvgIpc) is 2.30. The first kappa shape index (κ1) is 15.7. The Balaban J connectivity index is 3.26. The molecule has 96 valence electrons. The summed E-state index contributed by atoms with van der Waals surface area (Å²) in [6, 6.07) is 0. The van der Waals surface area contributed by atoms with E-state index in [4.69, 9.17) is 0 Å². The van der Waals surface area contributed by atoms with E-state index in [2.05, 4.69) is 33.8 Å². The van der Waals surface area contributed by atoms with Gasteiger partial charge in [0.15, 0.2) is 0 Å². The van der Waals surface area contributed by atoms with E-state index in [-0.39, 0.29) is 0 Å². The van der Waals surface area contributed by atoms with E-state index in [0.29, 0.717) is 0 Å². The van der Waals surface area contributed by atoms with E-state index in [1.54, 1.807) is 5.57 Å². The van der Waals surface area contributed by atoms with E-state index >= 15 is 0 Å². The molecule has 0 nitrogen and oxygen atoms in total. The quantitative estimate of drug-likeness (QED) is 0.310. The Morgan fingerprint density at radius 2 is 1.62 bits per heavy atom. The second-order valence-corrected chi connectivity index (χ2v) is 5.34. The zero-order valence-corrected chi connectivity index (χ0v) is 12.0. The third-order valence-electron chi connectivity index (χ3n) is 3.56. The normalized spacial score (nSPS) is 14.1. The summed E-state index contributed by atoms with van der Waals surface area (Å²) in [6.07, 6.45) is 14.9. The Morgan fingerprint density at radius 3 is 2.19 bits per heavy atom. The third-order valence-corrected chi connectivity index (χ3v) is 3.56. The standard InChI is InChI=1S/C16H32/c1-5-7-8-9-13-16(4)14-11-10-12-15(3)6-2/h6,16H,5,7-14H2,1-4H3. The Hall–Kier alpha value is -0.260. The minimum Gasteiger partial charge on any atom is -0.0887 e. The van der Waals surface area contributed by atoms with Crippen molar-refractivity contribution in [1.29, 1.82) is 0 Å². The van der Waals surface area contributed by atoms with E-state index in [1.807, 2.05) is 0 Å². The van der Waals surface area contributed by atoms with Crippen LogP contribution < -0.4 is 0 Å². The molecule has 16 heavy (non-hydrogen) atoms. The fourth-order valence-electron chi connectivity index (χ4n) is 2.10. The molecule has 0 heteroatoms. The van der Waals surface area contributed by atoms with Crippen LogP contribution in [0.4, 0.5) is 0 Å². The van der Waals surface area contributed by atoms with Crippen LogP contribution in [-0.4, -0.2) is 0 Å². The van der Waals surface area contributed by atoms with Crippen LogP contribution in [0.15, 0.2) is 11.6 Å². The van der Waals surface area contributed by atoms with Gasteiger partial charge < -0.3 is 0 Å². The number of hydrogen-bond donors (Lipinski definition) is 0. The summed E-state index contributed by atoms with van der Waals surface area (Å²) < 4.78 is 0. The lowest BCUT2D eigenvalue weighted by Gasteiger charge is -2.10. The van der Waals surface area contributed by atoms with Crippen molar-refractivity contribution in [3.63, 3.8) is 0 Å². The molecule has 0 fully saturated rings. The van der Waals surface area contributed by atoms with Gasteiger partial charge in [-0.15, -0.1) is 0 Å². The van der Waals surface area contributed by atoms with Gasteiger partial charge in [0.1, 0.15) is 0 Å². The molecule has 0 bridgehead atoms. The maximum absolute atomic E-state index is 2.43. The molecular weight excluding hydrogens is 192 g/mol. The van der Waals surface area contributed by atoms with Crippen molar-refractivity contribution in [1.82, 2.24) is 0 Å². The Kier molecular flexibility index (Phi) is 11.0. The second kappa shape index (κ2) is 11.2. The Labute approximate surface area is 104 Å². The summed E-state index contributed by atoms with van der Waals surface area (Å²) in [5.41, 5.74) is 1.55. The molecule has 1 unspecified atom stereocenters. The molecule has 1 atom stereocenters. The van der Waals surface area contributed by atoms with Crippen molar-refractivity contribution in [2.24, 2.45) is 5.92 Å². The van der Waals surface area contributed by atoms with Crippen LogP contribution in [0, 0.1) is 5.92 Å². The van der Waals surface area contributed by atoms with Crippen molar-refractivity contribution in [2.45, 2.75) is 85.5 Å². The summed E-state index contributed by atoms with van der Waals surface area (Å²) in [6.45, 7) is 9.10. The van der Waals surface area contributed by atoms with Gasteiger partial charge in [-0.05, 0) is 32.6 Å². The molecule has 0 aliphatic rings. The topological polar surface area (TPSA) is 0 Å². The van der Waals surface area contributed by atoms with Gasteiger partial charge in [-0.1, -0.05) is 70.4 Å². The van der Waals surface area contributed by atoms with Crippen LogP contribution in [0.1, 0.15) is 85.5 Å². The Morgan fingerprint density at radius 1 is 1.00 bits per heavy atom. The SMILES string of the molecule is CC=C(C)CCCCC(C)CCCCCC. The average molecular weight is 224 g/mol. The summed E-state index contributed by atoms with van der Waals surface area (Å²) in [7, 11) is 0. The van der Waals surface area contributed by atoms with Crippen LogP contribution >= 0.6 is 0 Å². The van der Waals surface area contributed by atoms with Gasteiger partial charge in [-0.3, -0.25) is 0 Å². The van der Waals surface area contributed by atoms with Gasteiger partial charge in [0.05, 0.1) is 0 Å². The van der Waals surface area contributed by atoms with Crippen molar-refractivity contribution in [3.05, 3.63) is 11.6 Å². The summed E-state index contributed by atoms with van der Waals surface area (Å²) in [5, 5.41) is 0. The number of allylic oxidation sites excluding steroid dienone is 2. The maximum Gasteiger partial charge on any atom is -0.0323 e. The van der Waals surface area contributed by atoms with Crippen LogP contribution in [0.5, 0.6) is 0 Å². The van der Waals surface area contributed by atoms with Crippen molar-refractivity contribution < 1.29 is 0 Å². The number of hydrogen-bond acceptors (Lipinski definition) is 0. The first-order valence-corrected chi connectivity index (χ1v) is 7.32. The highest BCUT2D eigenvalue weighted by molar-refractivity contribution is 4.94. The molecular formula is C16H32. The lowest BCUT2D eigenvalue weighted by atomic mass is 9.96. The van der Waals surface area contributed by atoms with Gasteiger partial charge in [-0.25, -0.2) is 0 Å². The largest absolute Gasteiger partial charge is 0.0887 e. The van der Waals surface area contributed by atoms with E-state index < -0.39 is 0 Å². The molecule has 0 aliphatic carbocycles. The molecule has 0 spiro atoms. The molecule has 0 aromatic rings. The fourth-order valence-corrected chi connectivity index (χ4v) is 2.10. The van der Waals surface area contributed by atoms with Crippen molar-refractivity contribution in [3.8, 4) is 0 Å².